The van der Waals surface area contributed by atoms with E-state index in [0.29, 0.717) is 5.75 Å². The molecule has 4 N–H and O–H groups in total. The average molecular weight is 594 g/mol. The molecule has 2 heterocycles. The molecule has 1 aliphatic rings. The zero-order valence-electron chi connectivity index (χ0n) is 22.1. The number of fused-ring (bicyclic) bond motifs is 1. The van der Waals surface area contributed by atoms with E-state index in [-0.39, 0.29) is 19.1 Å². The van der Waals surface area contributed by atoms with E-state index in [1.54, 1.807) is 32.9 Å². The molecule has 1 aliphatic heterocycles. The van der Waals surface area contributed by atoms with Crippen molar-refractivity contribution in [2.75, 3.05) is 6.61 Å². The predicted molar refractivity (Wildman–Crippen MR) is 151 cm³/mol. The van der Waals surface area contributed by atoms with Gasteiger partial charge in [-0.05, 0) is 55.5 Å². The number of carbonyl (C=O) groups is 1. The second kappa shape index (κ2) is 12.7. The van der Waals surface area contributed by atoms with Gasteiger partial charge in [-0.3, -0.25) is 19.1 Å². The van der Waals surface area contributed by atoms with Gasteiger partial charge in [0.2, 0.25) is 0 Å². The fourth-order valence-electron chi connectivity index (χ4n) is 4.15. The van der Waals surface area contributed by atoms with Crippen LogP contribution >= 0.6 is 6.64 Å². The summed E-state index contributed by atoms with van der Waals surface area (Å²) in [4.78, 5) is 38.4. The van der Waals surface area contributed by atoms with Crippen LogP contribution < -0.4 is 20.9 Å². The van der Waals surface area contributed by atoms with Crippen LogP contribution in [0.25, 0.3) is 10.8 Å². The average Bonchev–Trinajstić information content (AvgIpc) is 2.88. The van der Waals surface area contributed by atoms with Gasteiger partial charge in [-0.1, -0.05) is 30.3 Å². The molecule has 0 aliphatic carbocycles. The van der Waals surface area contributed by atoms with Crippen molar-refractivity contribution in [3.63, 3.8) is 0 Å². The highest BCUT2D eigenvalue weighted by molar-refractivity contribution is 8.09. The second-order valence-corrected chi connectivity index (χ2v) is 12.8. The van der Waals surface area contributed by atoms with Crippen LogP contribution in [-0.4, -0.2) is 62.8 Å². The number of esters is 1. The molecular formula is C26H32N3O9PS. The minimum Gasteiger partial charge on any atom is -0.462 e. The first-order chi connectivity index (χ1) is 18.9. The maximum Gasteiger partial charge on any atom is 0.330 e. The number of H-pyrrole nitrogens is 1. The minimum atomic E-state index is -3.48. The summed E-state index contributed by atoms with van der Waals surface area (Å²) >= 11 is 5.77. The standard InChI is InChI=1S/C26H32N3O9PS/c1-15(2)36-25(33)16(3)28-39(40,38-19-9-8-17-6-4-5-7-18(17)12-19)35-14-22-20(30)13-21(31)24(37-22)29-11-10-23(32)27-26(29)34/h4-12,15-16,20-22,24,30-31H,13-14H2,1-3H3,(H,28,40)(H,27,32,34)/t16-,20-,21?,22+,24+,39?/m0/s1. The molecule has 1 saturated heterocycles. The smallest absolute Gasteiger partial charge is 0.330 e. The molecule has 0 saturated carbocycles. The molecule has 2 unspecified atom stereocenters. The number of ether oxygens (including phenoxy) is 2. The van der Waals surface area contributed by atoms with Gasteiger partial charge in [0.15, 0.2) is 6.23 Å². The Morgan fingerprint density at radius 1 is 1.15 bits per heavy atom. The molecule has 0 spiro atoms. The lowest BCUT2D eigenvalue weighted by atomic mass is 10.0. The van der Waals surface area contributed by atoms with E-state index in [4.69, 9.17) is 30.3 Å². The first-order valence-electron chi connectivity index (χ1n) is 12.7. The summed E-state index contributed by atoms with van der Waals surface area (Å²) in [6, 6.07) is 13.3. The zero-order chi connectivity index (χ0) is 29.0. The van der Waals surface area contributed by atoms with Crippen molar-refractivity contribution in [1.29, 1.82) is 0 Å². The Morgan fingerprint density at radius 2 is 1.88 bits per heavy atom. The molecule has 6 atom stereocenters. The van der Waals surface area contributed by atoms with Gasteiger partial charge in [0.25, 0.3) is 5.56 Å². The first-order valence-corrected chi connectivity index (χ1v) is 15.3. The van der Waals surface area contributed by atoms with E-state index in [9.17, 15) is 24.6 Å². The SMILES string of the molecule is CC(C)OC(=O)[C@H](C)NP(=S)(OC[C@H]1O[C@@H](n2ccc(=O)[nH]c2=O)C(O)C[C@@H]1O)Oc1ccc2ccccc2c1. The quantitative estimate of drug-likeness (QED) is 0.201. The molecule has 12 nitrogen and oxygen atoms in total. The molecule has 0 radical (unpaired) electrons. The second-order valence-electron chi connectivity index (χ2n) is 9.68. The zero-order valence-corrected chi connectivity index (χ0v) is 23.8. The Kier molecular flexibility index (Phi) is 9.57. The third-order valence-electron chi connectivity index (χ3n) is 6.09. The summed E-state index contributed by atoms with van der Waals surface area (Å²) in [6.07, 6.45) is -3.93. The van der Waals surface area contributed by atoms with Crippen molar-refractivity contribution in [2.45, 2.75) is 63.9 Å². The van der Waals surface area contributed by atoms with Gasteiger partial charge in [0.05, 0.1) is 18.8 Å². The summed E-state index contributed by atoms with van der Waals surface area (Å²) in [5.41, 5.74) is -1.38. The maximum atomic E-state index is 12.5. The van der Waals surface area contributed by atoms with Crippen LogP contribution in [-0.2, 0) is 30.6 Å². The normalized spacial score (nSPS) is 23.4. The predicted octanol–water partition coefficient (Wildman–Crippen LogP) is 1.95. The maximum absolute atomic E-state index is 12.5. The molecule has 216 valence electrons. The van der Waals surface area contributed by atoms with E-state index in [0.717, 1.165) is 21.4 Å². The summed E-state index contributed by atoms with van der Waals surface area (Å²) in [7, 11) is 0. The van der Waals surface area contributed by atoms with Crippen molar-refractivity contribution < 1.29 is 33.5 Å². The number of aliphatic hydroxyl groups is 2. The number of nitrogens with zero attached hydrogens (tertiary/aromatic N) is 1. The number of rotatable bonds is 10. The van der Waals surface area contributed by atoms with Crippen LogP contribution in [0.1, 0.15) is 33.4 Å². The van der Waals surface area contributed by atoms with E-state index in [1.807, 2.05) is 30.3 Å². The summed E-state index contributed by atoms with van der Waals surface area (Å²) < 4.78 is 24.3. The summed E-state index contributed by atoms with van der Waals surface area (Å²) in [5, 5.41) is 26.0. The van der Waals surface area contributed by atoms with Crippen LogP contribution in [0.5, 0.6) is 5.75 Å². The summed E-state index contributed by atoms with van der Waals surface area (Å²) in [6.45, 7) is 1.24. The Morgan fingerprint density at radius 3 is 2.58 bits per heavy atom. The van der Waals surface area contributed by atoms with Gasteiger partial charge >= 0.3 is 18.3 Å². The van der Waals surface area contributed by atoms with Crippen molar-refractivity contribution in [2.24, 2.45) is 0 Å². The van der Waals surface area contributed by atoms with Gasteiger partial charge in [-0.2, -0.15) is 0 Å². The van der Waals surface area contributed by atoms with Gasteiger partial charge in [-0.25, -0.2) is 9.88 Å². The molecule has 1 aromatic heterocycles. The molecule has 2 aromatic carbocycles. The Hall–Kier alpha value is -2.90. The van der Waals surface area contributed by atoms with Gasteiger partial charge in [-0.15, -0.1) is 0 Å². The minimum absolute atomic E-state index is 0.136. The number of hydrogen-bond acceptors (Lipinski definition) is 10. The molecule has 14 heteroatoms. The third kappa shape index (κ3) is 7.43. The molecule has 3 aromatic rings. The van der Waals surface area contributed by atoms with Gasteiger partial charge in [0.1, 0.15) is 24.0 Å². The van der Waals surface area contributed by atoms with Crippen LogP contribution in [0.4, 0.5) is 0 Å². The lowest BCUT2D eigenvalue weighted by Gasteiger charge is -2.38. The van der Waals surface area contributed by atoms with Crippen LogP contribution in [0.15, 0.2) is 64.3 Å². The van der Waals surface area contributed by atoms with E-state index in [1.165, 1.54) is 6.20 Å². The number of aliphatic hydroxyl groups excluding tert-OH is 2. The molecule has 4 rings (SSSR count). The first kappa shape index (κ1) is 30.1. The lowest BCUT2D eigenvalue weighted by Crippen LogP contribution is -2.49. The highest BCUT2D eigenvalue weighted by Crippen LogP contribution is 2.46. The van der Waals surface area contributed by atoms with Crippen LogP contribution in [0, 0.1) is 0 Å². The van der Waals surface area contributed by atoms with E-state index in [2.05, 4.69) is 10.1 Å². The Labute approximate surface area is 235 Å². The molecule has 1 fully saturated rings. The topological polar surface area (TPSA) is 161 Å². The Balaban J connectivity index is 1.55. The van der Waals surface area contributed by atoms with E-state index < -0.39 is 54.4 Å². The fraction of sp³-hybridized carbons (Fsp3) is 0.423. The highest BCUT2D eigenvalue weighted by atomic mass is 32.5. The number of hydrogen-bond donors (Lipinski definition) is 4. The number of nitrogens with one attached hydrogen (secondary N) is 2. The molecule has 40 heavy (non-hydrogen) atoms. The number of benzene rings is 2. The summed E-state index contributed by atoms with van der Waals surface area (Å²) in [5.74, 6) is -0.151. The number of carbonyl (C=O) groups excluding carboxylic acids is 1. The monoisotopic (exact) mass is 593 g/mol. The fourth-order valence-corrected chi connectivity index (χ4v) is 6.56. The highest BCUT2D eigenvalue weighted by Gasteiger charge is 2.39. The number of aromatic amines is 1. The molecular weight excluding hydrogens is 561 g/mol. The number of aromatic nitrogens is 2. The molecule has 0 bridgehead atoms. The van der Waals surface area contributed by atoms with Crippen molar-refractivity contribution in [3.05, 3.63) is 75.6 Å². The van der Waals surface area contributed by atoms with Crippen molar-refractivity contribution in [1.82, 2.24) is 14.6 Å². The Bertz CT molecular complexity index is 1510. The van der Waals surface area contributed by atoms with Crippen molar-refractivity contribution >= 4 is 35.2 Å². The van der Waals surface area contributed by atoms with Crippen LogP contribution in [0.3, 0.4) is 0 Å². The van der Waals surface area contributed by atoms with E-state index >= 15 is 0 Å². The largest absolute Gasteiger partial charge is 0.462 e. The third-order valence-corrected chi connectivity index (χ3v) is 8.59. The molecule has 0 amide bonds. The van der Waals surface area contributed by atoms with Crippen LogP contribution in [0.2, 0.25) is 0 Å². The van der Waals surface area contributed by atoms with Gasteiger partial charge in [0, 0.05) is 18.7 Å². The van der Waals surface area contributed by atoms with Crippen molar-refractivity contribution in [3.8, 4) is 5.75 Å². The lowest BCUT2D eigenvalue weighted by molar-refractivity contribution is -0.205. The van der Waals surface area contributed by atoms with Gasteiger partial charge < -0.3 is 28.7 Å².